The number of pyridine rings is 1. The molecule has 0 fully saturated rings. The molecule has 1 atom stereocenters. The summed E-state index contributed by atoms with van der Waals surface area (Å²) in [5.41, 5.74) is 0.937. The molecule has 6 nitrogen and oxygen atoms in total. The standard InChI is InChI=1S/C16H18N2O4S/c19-16(20)10-9-14(12-13-6-2-1-3-7-13)18-23(21,22)15-8-4-5-11-17-15/h1-8,11,14,18H,9-10,12H2,(H,19,20). The lowest BCUT2D eigenvalue weighted by atomic mass is 10.0. The third kappa shape index (κ3) is 5.46. The Morgan fingerprint density at radius 3 is 2.43 bits per heavy atom. The van der Waals surface area contributed by atoms with E-state index in [2.05, 4.69) is 9.71 Å². The van der Waals surface area contributed by atoms with E-state index in [0.29, 0.717) is 6.42 Å². The largest absolute Gasteiger partial charge is 0.481 e. The van der Waals surface area contributed by atoms with Gasteiger partial charge in [-0.3, -0.25) is 4.79 Å². The molecule has 2 rings (SSSR count). The molecule has 2 N–H and O–H groups in total. The summed E-state index contributed by atoms with van der Waals surface area (Å²) in [6.45, 7) is 0. The summed E-state index contributed by atoms with van der Waals surface area (Å²) in [5, 5.41) is 8.78. The van der Waals surface area contributed by atoms with Crippen molar-refractivity contribution in [2.24, 2.45) is 0 Å². The maximum atomic E-state index is 12.4. The van der Waals surface area contributed by atoms with Crippen molar-refractivity contribution in [2.45, 2.75) is 30.3 Å². The average molecular weight is 334 g/mol. The number of aliphatic carboxylic acids is 1. The van der Waals surface area contributed by atoms with Crippen molar-refractivity contribution < 1.29 is 18.3 Å². The highest BCUT2D eigenvalue weighted by atomic mass is 32.2. The first-order valence-corrected chi connectivity index (χ1v) is 8.65. The molecule has 1 aromatic heterocycles. The van der Waals surface area contributed by atoms with Gasteiger partial charge in [-0.2, -0.15) is 0 Å². The van der Waals surface area contributed by atoms with Gasteiger partial charge in [-0.15, -0.1) is 0 Å². The van der Waals surface area contributed by atoms with Crippen LogP contribution in [0.4, 0.5) is 0 Å². The van der Waals surface area contributed by atoms with Crippen LogP contribution < -0.4 is 4.72 Å². The minimum Gasteiger partial charge on any atom is -0.481 e. The van der Waals surface area contributed by atoms with Gasteiger partial charge in [0.1, 0.15) is 0 Å². The lowest BCUT2D eigenvalue weighted by Gasteiger charge is -2.18. The first kappa shape index (κ1) is 17.1. The smallest absolute Gasteiger partial charge is 0.303 e. The zero-order valence-electron chi connectivity index (χ0n) is 12.4. The predicted octanol–water partition coefficient (Wildman–Crippen LogP) is 1.84. The summed E-state index contributed by atoms with van der Waals surface area (Å²) in [6, 6.07) is 13.4. The molecule has 0 amide bonds. The number of nitrogens with one attached hydrogen (secondary N) is 1. The van der Waals surface area contributed by atoms with Crippen LogP contribution in [0.2, 0.25) is 0 Å². The van der Waals surface area contributed by atoms with E-state index in [1.54, 1.807) is 12.1 Å². The van der Waals surface area contributed by atoms with E-state index in [4.69, 9.17) is 5.11 Å². The summed E-state index contributed by atoms with van der Waals surface area (Å²) in [6.07, 6.45) is 1.91. The van der Waals surface area contributed by atoms with Crippen LogP contribution >= 0.6 is 0 Å². The molecule has 0 saturated heterocycles. The Morgan fingerprint density at radius 2 is 1.83 bits per heavy atom. The second-order valence-corrected chi connectivity index (χ2v) is 6.77. The Morgan fingerprint density at radius 1 is 1.13 bits per heavy atom. The number of nitrogens with zero attached hydrogens (tertiary/aromatic N) is 1. The number of carboxylic acid groups (broad SMARTS) is 1. The third-order valence-corrected chi connectivity index (χ3v) is 4.70. The third-order valence-electron chi connectivity index (χ3n) is 3.27. The van der Waals surface area contributed by atoms with Gasteiger partial charge >= 0.3 is 5.97 Å². The van der Waals surface area contributed by atoms with Crippen LogP contribution in [0.1, 0.15) is 18.4 Å². The second-order valence-electron chi connectivity index (χ2n) is 5.11. The number of carboxylic acids is 1. The number of aromatic nitrogens is 1. The van der Waals surface area contributed by atoms with Gasteiger partial charge in [0.05, 0.1) is 0 Å². The fourth-order valence-electron chi connectivity index (χ4n) is 2.18. The molecule has 0 aliphatic carbocycles. The molecule has 1 aromatic carbocycles. The van der Waals surface area contributed by atoms with Crippen LogP contribution in [0.25, 0.3) is 0 Å². The zero-order valence-corrected chi connectivity index (χ0v) is 13.2. The zero-order chi connectivity index (χ0) is 16.7. The summed E-state index contributed by atoms with van der Waals surface area (Å²) in [7, 11) is -3.78. The molecule has 0 bridgehead atoms. The van der Waals surface area contributed by atoms with Gasteiger partial charge in [0, 0.05) is 18.7 Å². The Kier molecular flexibility index (Phi) is 5.84. The molecule has 2 aromatic rings. The van der Waals surface area contributed by atoms with E-state index in [1.165, 1.54) is 12.3 Å². The maximum absolute atomic E-state index is 12.4. The molecule has 23 heavy (non-hydrogen) atoms. The van der Waals surface area contributed by atoms with Crippen LogP contribution in [0, 0.1) is 0 Å². The van der Waals surface area contributed by atoms with Crippen molar-refractivity contribution in [1.82, 2.24) is 9.71 Å². The Hall–Kier alpha value is -2.25. The van der Waals surface area contributed by atoms with Crippen molar-refractivity contribution in [3.05, 3.63) is 60.3 Å². The molecule has 1 unspecified atom stereocenters. The summed E-state index contributed by atoms with van der Waals surface area (Å²) < 4.78 is 27.3. The van der Waals surface area contributed by atoms with Gasteiger partial charge in [0.25, 0.3) is 10.0 Å². The normalized spacial score (nSPS) is 12.7. The van der Waals surface area contributed by atoms with Crippen molar-refractivity contribution in [1.29, 1.82) is 0 Å². The summed E-state index contributed by atoms with van der Waals surface area (Å²) in [4.78, 5) is 14.6. The first-order valence-electron chi connectivity index (χ1n) is 7.16. The molecule has 0 spiro atoms. The van der Waals surface area contributed by atoms with E-state index < -0.39 is 22.0 Å². The quantitative estimate of drug-likeness (QED) is 0.768. The molecule has 0 radical (unpaired) electrons. The van der Waals surface area contributed by atoms with Crippen molar-refractivity contribution in [3.8, 4) is 0 Å². The highest BCUT2D eigenvalue weighted by molar-refractivity contribution is 7.89. The van der Waals surface area contributed by atoms with Gasteiger partial charge in [0.15, 0.2) is 5.03 Å². The van der Waals surface area contributed by atoms with Crippen LogP contribution in [-0.4, -0.2) is 30.5 Å². The number of benzene rings is 1. The van der Waals surface area contributed by atoms with Crippen molar-refractivity contribution in [3.63, 3.8) is 0 Å². The minimum absolute atomic E-state index is 0.0756. The van der Waals surface area contributed by atoms with E-state index in [1.807, 2.05) is 30.3 Å². The van der Waals surface area contributed by atoms with Gasteiger partial charge in [-0.25, -0.2) is 18.1 Å². The summed E-state index contributed by atoms with van der Waals surface area (Å²) >= 11 is 0. The molecular formula is C16H18N2O4S. The van der Waals surface area contributed by atoms with Gasteiger partial charge in [-0.05, 0) is 30.5 Å². The van der Waals surface area contributed by atoms with Crippen LogP contribution in [-0.2, 0) is 21.2 Å². The predicted molar refractivity (Wildman–Crippen MR) is 85.4 cm³/mol. The van der Waals surface area contributed by atoms with E-state index in [9.17, 15) is 13.2 Å². The SMILES string of the molecule is O=C(O)CCC(Cc1ccccc1)NS(=O)(=O)c1ccccn1. The Bertz CT molecular complexity index is 733. The molecule has 0 saturated carbocycles. The van der Waals surface area contributed by atoms with Crippen LogP contribution in [0.15, 0.2) is 59.8 Å². The Balaban J connectivity index is 2.15. The average Bonchev–Trinajstić information content (AvgIpc) is 2.54. The lowest BCUT2D eigenvalue weighted by molar-refractivity contribution is -0.137. The number of hydrogen-bond donors (Lipinski definition) is 2. The monoisotopic (exact) mass is 334 g/mol. The molecule has 0 aliphatic rings. The topological polar surface area (TPSA) is 96.4 Å². The van der Waals surface area contributed by atoms with Crippen LogP contribution in [0.3, 0.4) is 0 Å². The molecule has 122 valence electrons. The maximum Gasteiger partial charge on any atom is 0.303 e. The van der Waals surface area contributed by atoms with E-state index in [0.717, 1.165) is 5.56 Å². The number of rotatable bonds is 8. The van der Waals surface area contributed by atoms with Crippen molar-refractivity contribution in [2.75, 3.05) is 0 Å². The highest BCUT2D eigenvalue weighted by Crippen LogP contribution is 2.12. The minimum atomic E-state index is -3.78. The number of hydrogen-bond acceptors (Lipinski definition) is 4. The first-order chi connectivity index (χ1) is 11.0. The van der Waals surface area contributed by atoms with Gasteiger partial charge in [-0.1, -0.05) is 36.4 Å². The summed E-state index contributed by atoms with van der Waals surface area (Å²) in [5.74, 6) is -0.958. The molecule has 7 heteroatoms. The number of sulfonamides is 1. The van der Waals surface area contributed by atoms with E-state index >= 15 is 0 Å². The Labute approximate surface area is 135 Å². The second kappa shape index (κ2) is 7.85. The number of carbonyl (C=O) groups is 1. The van der Waals surface area contributed by atoms with E-state index in [-0.39, 0.29) is 17.9 Å². The fourth-order valence-corrected chi connectivity index (χ4v) is 3.40. The van der Waals surface area contributed by atoms with Crippen LogP contribution in [0.5, 0.6) is 0 Å². The molecule has 1 heterocycles. The molecule has 0 aliphatic heterocycles. The van der Waals surface area contributed by atoms with Gasteiger partial charge in [0.2, 0.25) is 0 Å². The highest BCUT2D eigenvalue weighted by Gasteiger charge is 2.22. The molecular weight excluding hydrogens is 316 g/mol. The fraction of sp³-hybridized carbons (Fsp3) is 0.250. The lowest BCUT2D eigenvalue weighted by Crippen LogP contribution is -2.37. The van der Waals surface area contributed by atoms with Crippen molar-refractivity contribution >= 4 is 16.0 Å². The van der Waals surface area contributed by atoms with Gasteiger partial charge < -0.3 is 5.11 Å².